The number of rotatable bonds is 7. The van der Waals surface area contributed by atoms with Crippen LogP contribution in [0.4, 0.5) is 0 Å². The van der Waals surface area contributed by atoms with Gasteiger partial charge in [0.1, 0.15) is 0 Å². The van der Waals surface area contributed by atoms with Crippen LogP contribution in [-0.4, -0.2) is 19.1 Å². The van der Waals surface area contributed by atoms with Crippen LogP contribution < -0.4 is 0 Å². The highest BCUT2D eigenvalue weighted by Crippen LogP contribution is 2.39. The number of para-hydroxylation sites is 2. The Morgan fingerprint density at radius 3 is 1.42 bits per heavy atom. The largest absolute Gasteiger partial charge is 0.309 e. The van der Waals surface area contributed by atoms with Gasteiger partial charge in [-0.05, 0) is 108 Å². The number of hydrogen-bond acceptors (Lipinski definition) is 2. The van der Waals surface area contributed by atoms with Crippen LogP contribution in [0, 0.1) is 0 Å². The molecule has 4 heteroatoms. The van der Waals surface area contributed by atoms with Crippen molar-refractivity contribution in [2.45, 2.75) is 12.3 Å². The molecule has 3 aromatic heterocycles. The number of hydrogen-bond donors (Lipinski definition) is 0. The summed E-state index contributed by atoms with van der Waals surface area (Å²) in [7, 11) is 0. The monoisotopic (exact) mass is 792 g/mol. The summed E-state index contributed by atoms with van der Waals surface area (Å²) in [5.74, 6) is 0.959. The van der Waals surface area contributed by atoms with Gasteiger partial charge in [-0.2, -0.15) is 0 Å². The zero-order valence-corrected chi connectivity index (χ0v) is 33.9. The molecule has 0 saturated carbocycles. The summed E-state index contributed by atoms with van der Waals surface area (Å²) >= 11 is 0. The molecule has 0 saturated heterocycles. The molecule has 0 radical (unpaired) electrons. The fourth-order valence-corrected chi connectivity index (χ4v) is 9.40. The molecule has 4 nitrogen and oxygen atoms in total. The predicted octanol–water partition coefficient (Wildman–Crippen LogP) is 14.9. The van der Waals surface area contributed by atoms with E-state index >= 15 is 0 Å². The van der Waals surface area contributed by atoms with Crippen molar-refractivity contribution in [2.24, 2.45) is 0 Å². The van der Waals surface area contributed by atoms with Crippen molar-refractivity contribution < 1.29 is 0 Å². The van der Waals surface area contributed by atoms with E-state index in [9.17, 15) is 0 Å². The molecule has 292 valence electrons. The Hall–Kier alpha value is -8.08. The summed E-state index contributed by atoms with van der Waals surface area (Å²) in [4.78, 5) is 10.2. The first-order valence-electron chi connectivity index (χ1n) is 21.3. The summed E-state index contributed by atoms with van der Waals surface area (Å²) in [6, 6.07) is 72.1. The van der Waals surface area contributed by atoms with Crippen molar-refractivity contribution >= 4 is 43.6 Å². The SMILES string of the molecule is C1=CCC(c2cc(-c3ccccc3)nc(-c3ccc(-n4c5ccccc5c5cc(-c6ccc7c(c6)c6ccccc6n7-c6ccc(-c7ccccc7)cc6)ccc54)cc3)n2)C=C1. The quantitative estimate of drug-likeness (QED) is 0.161. The molecule has 62 heavy (non-hydrogen) atoms. The van der Waals surface area contributed by atoms with Crippen LogP contribution in [-0.2, 0) is 0 Å². The van der Waals surface area contributed by atoms with Crippen molar-refractivity contribution in [3.05, 3.63) is 230 Å². The Bertz CT molecular complexity index is 3520. The number of allylic oxidation sites excluding steroid dienone is 4. The number of aromatic nitrogens is 4. The van der Waals surface area contributed by atoms with E-state index in [1.165, 1.54) is 65.9 Å². The van der Waals surface area contributed by atoms with Gasteiger partial charge in [0.05, 0.1) is 33.5 Å². The Balaban J connectivity index is 0.922. The van der Waals surface area contributed by atoms with Gasteiger partial charge in [-0.15, -0.1) is 0 Å². The van der Waals surface area contributed by atoms with Crippen molar-refractivity contribution in [2.75, 3.05) is 0 Å². The zero-order valence-electron chi connectivity index (χ0n) is 33.9. The van der Waals surface area contributed by atoms with Crippen molar-refractivity contribution in [1.29, 1.82) is 0 Å². The van der Waals surface area contributed by atoms with E-state index in [0.29, 0.717) is 0 Å². The van der Waals surface area contributed by atoms with E-state index in [0.717, 1.165) is 46.1 Å². The average molecular weight is 793 g/mol. The van der Waals surface area contributed by atoms with Crippen molar-refractivity contribution in [3.8, 4) is 56.3 Å². The summed E-state index contributed by atoms with van der Waals surface area (Å²) in [6.45, 7) is 0. The highest BCUT2D eigenvalue weighted by molar-refractivity contribution is 6.12. The lowest BCUT2D eigenvalue weighted by atomic mass is 9.95. The molecule has 3 heterocycles. The van der Waals surface area contributed by atoms with Gasteiger partial charge in [0.2, 0.25) is 0 Å². The lowest BCUT2D eigenvalue weighted by Gasteiger charge is -2.16. The van der Waals surface area contributed by atoms with Crippen molar-refractivity contribution in [1.82, 2.24) is 19.1 Å². The average Bonchev–Trinajstić information content (AvgIpc) is 3.87. The molecule has 11 aromatic rings. The maximum Gasteiger partial charge on any atom is 0.160 e. The third-order valence-corrected chi connectivity index (χ3v) is 12.5. The molecule has 12 rings (SSSR count). The number of benzene rings is 8. The van der Waals surface area contributed by atoms with E-state index in [4.69, 9.17) is 9.97 Å². The molecule has 0 amide bonds. The Morgan fingerprint density at radius 1 is 0.371 bits per heavy atom. The lowest BCUT2D eigenvalue weighted by molar-refractivity contribution is 0.811. The molecule has 8 aromatic carbocycles. The zero-order chi connectivity index (χ0) is 41.0. The molecule has 0 spiro atoms. The minimum Gasteiger partial charge on any atom is -0.309 e. The van der Waals surface area contributed by atoms with Gasteiger partial charge < -0.3 is 9.13 Å². The first-order valence-corrected chi connectivity index (χ1v) is 21.3. The number of nitrogens with zero attached hydrogens (tertiary/aromatic N) is 4. The van der Waals surface area contributed by atoms with Gasteiger partial charge >= 0.3 is 0 Å². The smallest absolute Gasteiger partial charge is 0.160 e. The van der Waals surface area contributed by atoms with E-state index in [-0.39, 0.29) is 5.92 Å². The maximum atomic E-state index is 5.15. The highest BCUT2D eigenvalue weighted by Gasteiger charge is 2.18. The molecular formula is C58H40N4. The first kappa shape index (κ1) is 35.8. The van der Waals surface area contributed by atoms with Gasteiger partial charge in [-0.25, -0.2) is 9.97 Å². The van der Waals surface area contributed by atoms with Crippen molar-refractivity contribution in [3.63, 3.8) is 0 Å². The van der Waals surface area contributed by atoms with E-state index < -0.39 is 0 Å². The van der Waals surface area contributed by atoms with Gasteiger partial charge in [0.15, 0.2) is 5.82 Å². The van der Waals surface area contributed by atoms with Crippen LogP contribution in [0.1, 0.15) is 18.0 Å². The minimum absolute atomic E-state index is 0.219. The third kappa shape index (κ3) is 6.15. The maximum absolute atomic E-state index is 5.15. The van der Waals surface area contributed by atoms with E-state index in [2.05, 4.69) is 228 Å². The second kappa shape index (κ2) is 14.9. The standard InChI is InChI=1S/C58H40N4/c1-4-14-39(15-5-1)40-24-30-46(31-25-40)61-54-22-12-10-20-48(54)50-36-44(28-34-56(50)61)45-29-35-57-51(37-45)49-21-11-13-23-55(49)62(57)47-32-26-43(27-33-47)58-59-52(41-16-6-2-7-17-41)38-53(60-58)42-18-8-3-9-19-42/h1-18,20-38,42H,19H2. The van der Waals surface area contributed by atoms with Crippen LogP contribution in [0.2, 0.25) is 0 Å². The molecule has 1 unspecified atom stereocenters. The molecule has 0 fully saturated rings. The van der Waals surface area contributed by atoms with Gasteiger partial charge in [0, 0.05) is 50.0 Å². The minimum atomic E-state index is 0.219. The van der Waals surface area contributed by atoms with Crippen LogP contribution in [0.3, 0.4) is 0 Å². The summed E-state index contributed by atoms with van der Waals surface area (Å²) in [5, 5.41) is 4.93. The normalized spacial score (nSPS) is 13.8. The molecule has 0 bridgehead atoms. The fraction of sp³-hybridized carbons (Fsp3) is 0.0345. The van der Waals surface area contributed by atoms with Crippen LogP contribution in [0.25, 0.3) is 99.9 Å². The second-order valence-corrected chi connectivity index (χ2v) is 16.2. The molecule has 0 aliphatic heterocycles. The van der Waals surface area contributed by atoms with Gasteiger partial charge in [-0.3, -0.25) is 0 Å². The molecular weight excluding hydrogens is 753 g/mol. The summed E-state index contributed by atoms with van der Waals surface area (Å²) < 4.78 is 4.77. The topological polar surface area (TPSA) is 35.6 Å². The fourth-order valence-electron chi connectivity index (χ4n) is 9.40. The lowest BCUT2D eigenvalue weighted by Crippen LogP contribution is -2.04. The van der Waals surface area contributed by atoms with Gasteiger partial charge in [-0.1, -0.05) is 146 Å². The molecule has 1 atom stereocenters. The Labute approximate surface area is 360 Å². The highest BCUT2D eigenvalue weighted by atomic mass is 15.0. The number of fused-ring (bicyclic) bond motifs is 6. The van der Waals surface area contributed by atoms with Gasteiger partial charge in [0.25, 0.3) is 0 Å². The molecule has 1 aliphatic carbocycles. The molecule has 0 N–H and O–H groups in total. The van der Waals surface area contributed by atoms with Crippen LogP contribution in [0.5, 0.6) is 0 Å². The Kier molecular flexibility index (Phi) is 8.60. The first-order chi connectivity index (χ1) is 30.7. The summed E-state index contributed by atoms with van der Waals surface area (Å²) in [6.07, 6.45) is 9.61. The predicted molar refractivity (Wildman–Crippen MR) is 258 cm³/mol. The Morgan fingerprint density at radius 2 is 0.855 bits per heavy atom. The molecule has 1 aliphatic rings. The third-order valence-electron chi connectivity index (χ3n) is 12.5. The van der Waals surface area contributed by atoms with Crippen LogP contribution in [0.15, 0.2) is 224 Å². The van der Waals surface area contributed by atoms with E-state index in [1.807, 2.05) is 6.07 Å². The summed E-state index contributed by atoms with van der Waals surface area (Å²) in [5.41, 5.74) is 15.9. The second-order valence-electron chi connectivity index (χ2n) is 16.2. The van der Waals surface area contributed by atoms with E-state index in [1.54, 1.807) is 0 Å². The van der Waals surface area contributed by atoms with Crippen LogP contribution >= 0.6 is 0 Å².